The van der Waals surface area contributed by atoms with Crippen LogP contribution in [0.25, 0.3) is 0 Å². The first-order valence-corrected chi connectivity index (χ1v) is 14.0. The van der Waals surface area contributed by atoms with Gasteiger partial charge in [0, 0.05) is 0 Å². The van der Waals surface area contributed by atoms with Crippen molar-refractivity contribution in [3.8, 4) is 11.5 Å². The van der Waals surface area contributed by atoms with Gasteiger partial charge in [0.2, 0.25) is 0 Å². The number of benzene rings is 1. The Morgan fingerprint density at radius 1 is 0.583 bits per heavy atom. The molecule has 206 valence electrons. The maximum Gasteiger partial charge on any atom is 0.269 e. The van der Waals surface area contributed by atoms with E-state index in [1.54, 1.807) is 0 Å². The van der Waals surface area contributed by atoms with E-state index in [4.69, 9.17) is 21.2 Å². The molecule has 0 spiro atoms. The molecule has 1 aromatic carbocycles. The molecule has 1 rings (SSSR count). The first-order chi connectivity index (χ1) is 17.6. The van der Waals surface area contributed by atoms with E-state index in [1.165, 1.54) is 76.3 Å². The van der Waals surface area contributed by atoms with Gasteiger partial charge in [-0.05, 0) is 25.0 Å². The number of nitrogen functional groups attached to an aromatic ring is 2. The van der Waals surface area contributed by atoms with E-state index in [0.29, 0.717) is 24.7 Å². The molecule has 6 N–H and O–H groups in total. The summed E-state index contributed by atoms with van der Waals surface area (Å²) in [6.45, 7) is 5.33. The standard InChI is InChI=1S/C28H50N4O4/c1-3-5-7-9-11-13-15-17-19-35-25-21-24(28(34)32-30)26(22-23(25)27(33)31-29)36-20-18-16-14-12-10-8-6-4-2/h21-22H,3-20,29-30H2,1-2H3,(H,31,33)(H,32,34). The van der Waals surface area contributed by atoms with Crippen molar-refractivity contribution in [3.63, 3.8) is 0 Å². The predicted octanol–water partition coefficient (Wildman–Crippen LogP) is 5.93. The number of hydrogen-bond donors (Lipinski definition) is 4. The number of nitrogens with one attached hydrogen (secondary N) is 2. The summed E-state index contributed by atoms with van der Waals surface area (Å²) in [5.41, 5.74) is 4.77. The van der Waals surface area contributed by atoms with Crippen molar-refractivity contribution < 1.29 is 19.1 Å². The summed E-state index contributed by atoms with van der Waals surface area (Å²) in [5, 5.41) is 0. The van der Waals surface area contributed by atoms with Crippen molar-refractivity contribution in [2.75, 3.05) is 13.2 Å². The Bertz CT molecular complexity index is 681. The second-order valence-corrected chi connectivity index (χ2v) is 9.44. The third kappa shape index (κ3) is 13.1. The van der Waals surface area contributed by atoms with E-state index in [2.05, 4.69) is 24.7 Å². The van der Waals surface area contributed by atoms with Gasteiger partial charge in [-0.15, -0.1) is 0 Å². The monoisotopic (exact) mass is 506 g/mol. The lowest BCUT2D eigenvalue weighted by atomic mass is 10.1. The molecule has 0 saturated carbocycles. The number of amides is 2. The molecule has 0 aliphatic rings. The average Bonchev–Trinajstić information content (AvgIpc) is 2.90. The molecule has 0 aliphatic heterocycles. The molecule has 0 saturated heterocycles. The number of ether oxygens (including phenoxy) is 2. The third-order valence-corrected chi connectivity index (χ3v) is 6.34. The normalized spacial score (nSPS) is 10.8. The Balaban J connectivity index is 2.67. The zero-order chi connectivity index (χ0) is 26.4. The van der Waals surface area contributed by atoms with Crippen LogP contribution < -0.4 is 32.0 Å². The molecule has 0 atom stereocenters. The Morgan fingerprint density at radius 2 is 0.889 bits per heavy atom. The van der Waals surface area contributed by atoms with Crippen LogP contribution in [0.4, 0.5) is 0 Å². The molecule has 0 fully saturated rings. The van der Waals surface area contributed by atoms with Crippen LogP contribution in [-0.4, -0.2) is 25.0 Å². The van der Waals surface area contributed by atoms with Gasteiger partial charge in [-0.25, -0.2) is 11.7 Å². The second kappa shape index (κ2) is 20.8. The quantitative estimate of drug-likeness (QED) is 0.0667. The van der Waals surface area contributed by atoms with Gasteiger partial charge in [0.05, 0.1) is 24.3 Å². The lowest BCUT2D eigenvalue weighted by Gasteiger charge is -2.16. The van der Waals surface area contributed by atoms with Gasteiger partial charge in [-0.2, -0.15) is 0 Å². The van der Waals surface area contributed by atoms with Gasteiger partial charge in [0.15, 0.2) is 0 Å². The van der Waals surface area contributed by atoms with Gasteiger partial charge in [0.25, 0.3) is 11.8 Å². The number of rotatable bonds is 22. The smallest absolute Gasteiger partial charge is 0.269 e. The summed E-state index contributed by atoms with van der Waals surface area (Å²) in [7, 11) is 0. The molecule has 2 amide bonds. The fraction of sp³-hybridized carbons (Fsp3) is 0.714. The number of hydrazine groups is 2. The molecule has 0 aromatic heterocycles. The average molecular weight is 507 g/mol. The number of carbonyl (C=O) groups excluding carboxylic acids is 2. The van der Waals surface area contributed by atoms with Crippen LogP contribution in [0.15, 0.2) is 12.1 Å². The van der Waals surface area contributed by atoms with Crippen molar-refractivity contribution in [1.29, 1.82) is 0 Å². The number of hydrogen-bond acceptors (Lipinski definition) is 6. The van der Waals surface area contributed by atoms with Gasteiger partial charge < -0.3 is 9.47 Å². The largest absolute Gasteiger partial charge is 0.493 e. The van der Waals surface area contributed by atoms with Gasteiger partial charge in [0.1, 0.15) is 11.5 Å². The van der Waals surface area contributed by atoms with Crippen molar-refractivity contribution in [2.24, 2.45) is 11.7 Å². The summed E-state index contributed by atoms with van der Waals surface area (Å²) in [4.78, 5) is 24.8. The Labute approximate surface area is 218 Å². The van der Waals surface area contributed by atoms with Crippen LogP contribution in [0.2, 0.25) is 0 Å². The molecule has 0 radical (unpaired) electrons. The van der Waals surface area contributed by atoms with E-state index >= 15 is 0 Å². The van der Waals surface area contributed by atoms with Crippen LogP contribution in [-0.2, 0) is 0 Å². The van der Waals surface area contributed by atoms with Crippen molar-refractivity contribution in [2.45, 2.75) is 117 Å². The summed E-state index contributed by atoms with van der Waals surface area (Å²) < 4.78 is 11.8. The highest BCUT2D eigenvalue weighted by Crippen LogP contribution is 2.30. The van der Waals surface area contributed by atoms with Gasteiger partial charge in [-0.1, -0.05) is 104 Å². The molecule has 8 nitrogen and oxygen atoms in total. The van der Waals surface area contributed by atoms with E-state index in [0.717, 1.165) is 38.5 Å². The minimum absolute atomic E-state index is 0.233. The maximum absolute atomic E-state index is 12.4. The first-order valence-electron chi connectivity index (χ1n) is 14.0. The van der Waals surface area contributed by atoms with Crippen molar-refractivity contribution >= 4 is 11.8 Å². The fourth-order valence-corrected chi connectivity index (χ4v) is 4.15. The summed E-state index contributed by atoms with van der Waals surface area (Å²) in [6, 6.07) is 3.03. The highest BCUT2D eigenvalue weighted by atomic mass is 16.5. The molecule has 8 heteroatoms. The summed E-state index contributed by atoms with van der Waals surface area (Å²) in [5.74, 6) is 10.4. The molecule has 0 unspecified atom stereocenters. The number of nitrogens with two attached hydrogens (primary N) is 2. The topological polar surface area (TPSA) is 129 Å². The Morgan fingerprint density at radius 3 is 1.19 bits per heavy atom. The zero-order valence-electron chi connectivity index (χ0n) is 22.7. The minimum Gasteiger partial charge on any atom is -0.493 e. The molecular formula is C28H50N4O4. The molecule has 0 bridgehead atoms. The minimum atomic E-state index is -0.502. The molecule has 0 aliphatic carbocycles. The van der Waals surface area contributed by atoms with E-state index < -0.39 is 11.8 Å². The number of unbranched alkanes of at least 4 members (excludes halogenated alkanes) is 14. The Hall–Kier alpha value is -2.32. The number of carbonyl (C=O) groups is 2. The summed E-state index contributed by atoms with van der Waals surface area (Å²) >= 11 is 0. The lowest BCUT2D eigenvalue weighted by Crippen LogP contribution is -2.32. The van der Waals surface area contributed by atoms with Crippen LogP contribution in [0, 0.1) is 0 Å². The lowest BCUT2D eigenvalue weighted by molar-refractivity contribution is 0.0934. The second-order valence-electron chi connectivity index (χ2n) is 9.44. The first kappa shape index (κ1) is 31.7. The fourth-order valence-electron chi connectivity index (χ4n) is 4.15. The Kier molecular flexibility index (Phi) is 18.3. The summed E-state index contributed by atoms with van der Waals surface area (Å²) in [6.07, 6.45) is 18.9. The molecule has 1 aromatic rings. The van der Waals surface area contributed by atoms with Gasteiger partial charge >= 0.3 is 0 Å². The van der Waals surface area contributed by atoms with Crippen LogP contribution in [0.5, 0.6) is 11.5 Å². The molecule has 0 heterocycles. The van der Waals surface area contributed by atoms with Crippen LogP contribution in [0.3, 0.4) is 0 Å². The van der Waals surface area contributed by atoms with Crippen molar-refractivity contribution in [1.82, 2.24) is 10.9 Å². The molecular weight excluding hydrogens is 456 g/mol. The van der Waals surface area contributed by atoms with Crippen LogP contribution in [0.1, 0.15) is 137 Å². The SMILES string of the molecule is CCCCCCCCCCOc1cc(C(=O)NN)c(OCCCCCCCCCC)cc1C(=O)NN. The third-order valence-electron chi connectivity index (χ3n) is 6.34. The van der Waals surface area contributed by atoms with E-state index in [1.807, 2.05) is 0 Å². The highest BCUT2D eigenvalue weighted by Gasteiger charge is 2.21. The molecule has 36 heavy (non-hydrogen) atoms. The predicted molar refractivity (Wildman–Crippen MR) is 146 cm³/mol. The van der Waals surface area contributed by atoms with Gasteiger partial charge in [-0.3, -0.25) is 20.4 Å². The van der Waals surface area contributed by atoms with E-state index in [9.17, 15) is 9.59 Å². The van der Waals surface area contributed by atoms with Crippen molar-refractivity contribution in [3.05, 3.63) is 23.3 Å². The maximum atomic E-state index is 12.4. The van der Waals surface area contributed by atoms with E-state index in [-0.39, 0.29) is 11.1 Å². The zero-order valence-corrected chi connectivity index (χ0v) is 22.7. The van der Waals surface area contributed by atoms with Crippen LogP contribution >= 0.6 is 0 Å². The highest BCUT2D eigenvalue weighted by molar-refractivity contribution is 6.02.